The molecule has 0 saturated carbocycles. The van der Waals surface area contributed by atoms with E-state index in [1.807, 2.05) is 0 Å². The maximum atomic E-state index is 4.72. The van der Waals surface area contributed by atoms with Crippen molar-refractivity contribution in [2.24, 2.45) is 10.9 Å². The van der Waals surface area contributed by atoms with Gasteiger partial charge in [-0.1, -0.05) is 13.8 Å². The van der Waals surface area contributed by atoms with Crippen LogP contribution in [-0.2, 0) is 0 Å². The molecule has 1 fully saturated rings. The highest BCUT2D eigenvalue weighted by Crippen LogP contribution is 2.14. The van der Waals surface area contributed by atoms with E-state index in [9.17, 15) is 0 Å². The summed E-state index contributed by atoms with van der Waals surface area (Å²) in [6.45, 7) is 10.7. The van der Waals surface area contributed by atoms with Crippen LogP contribution in [-0.4, -0.2) is 50.1 Å². The predicted octanol–water partition coefficient (Wildman–Crippen LogP) is 2.07. The Kier molecular flexibility index (Phi) is 7.87. The molecular formula is C15H32N4. The van der Waals surface area contributed by atoms with Crippen molar-refractivity contribution < 1.29 is 0 Å². The van der Waals surface area contributed by atoms with E-state index in [1.54, 1.807) is 0 Å². The highest BCUT2D eigenvalue weighted by molar-refractivity contribution is 5.79. The zero-order valence-electron chi connectivity index (χ0n) is 13.2. The normalized spacial score (nSPS) is 21.1. The maximum absolute atomic E-state index is 4.72. The summed E-state index contributed by atoms with van der Waals surface area (Å²) in [6.07, 6.45) is 5.09. The molecule has 19 heavy (non-hydrogen) atoms. The van der Waals surface area contributed by atoms with Gasteiger partial charge in [0.2, 0.25) is 0 Å². The molecule has 112 valence electrons. The highest BCUT2D eigenvalue weighted by atomic mass is 15.2. The van der Waals surface area contributed by atoms with E-state index in [2.05, 4.69) is 43.4 Å². The van der Waals surface area contributed by atoms with E-state index < -0.39 is 0 Å². The predicted molar refractivity (Wildman–Crippen MR) is 83.7 cm³/mol. The van der Waals surface area contributed by atoms with Gasteiger partial charge in [0, 0.05) is 19.1 Å². The number of likely N-dealkylation sites (tertiary alicyclic amines) is 1. The standard InChI is InChI=1S/C15H32N4/c1-5-16-15(17-10-6-8-13(2)3)18-12-14-9-7-11-19(14)4/h13-14H,5-12H2,1-4H3,(H2,16,17,18). The fourth-order valence-corrected chi connectivity index (χ4v) is 2.47. The van der Waals surface area contributed by atoms with E-state index in [-0.39, 0.29) is 0 Å². The third-order valence-electron chi connectivity index (χ3n) is 3.73. The number of aliphatic imine (C=N–C) groups is 1. The second-order valence-corrected chi connectivity index (χ2v) is 5.96. The van der Waals surface area contributed by atoms with E-state index in [0.29, 0.717) is 6.04 Å². The second-order valence-electron chi connectivity index (χ2n) is 5.96. The summed E-state index contributed by atoms with van der Waals surface area (Å²) in [7, 11) is 2.20. The smallest absolute Gasteiger partial charge is 0.191 e. The first kappa shape index (κ1) is 16.3. The molecule has 1 aliphatic heterocycles. The van der Waals surface area contributed by atoms with Crippen LogP contribution in [0.3, 0.4) is 0 Å². The van der Waals surface area contributed by atoms with Crippen molar-refractivity contribution in [3.05, 3.63) is 0 Å². The van der Waals surface area contributed by atoms with Crippen LogP contribution in [0.2, 0.25) is 0 Å². The van der Waals surface area contributed by atoms with Gasteiger partial charge in [0.25, 0.3) is 0 Å². The molecule has 0 radical (unpaired) electrons. The first-order valence-corrected chi connectivity index (χ1v) is 7.86. The molecule has 0 aromatic rings. The van der Waals surface area contributed by atoms with Gasteiger partial charge < -0.3 is 15.5 Å². The molecule has 0 spiro atoms. The number of hydrogen-bond acceptors (Lipinski definition) is 2. The monoisotopic (exact) mass is 268 g/mol. The van der Waals surface area contributed by atoms with Crippen LogP contribution in [0.5, 0.6) is 0 Å². The molecule has 1 atom stereocenters. The van der Waals surface area contributed by atoms with E-state index >= 15 is 0 Å². The molecule has 4 nitrogen and oxygen atoms in total. The van der Waals surface area contributed by atoms with Gasteiger partial charge in [0.15, 0.2) is 5.96 Å². The molecule has 0 bridgehead atoms. The SMILES string of the molecule is CCNC(=NCC1CCCN1C)NCCCC(C)C. The minimum absolute atomic E-state index is 0.631. The minimum Gasteiger partial charge on any atom is -0.357 e. The van der Waals surface area contributed by atoms with Crippen LogP contribution in [0.4, 0.5) is 0 Å². The van der Waals surface area contributed by atoms with Crippen LogP contribution >= 0.6 is 0 Å². The van der Waals surface area contributed by atoms with Gasteiger partial charge in [-0.05, 0) is 52.1 Å². The molecule has 1 saturated heterocycles. The molecule has 1 rings (SSSR count). The summed E-state index contributed by atoms with van der Waals surface area (Å²) < 4.78 is 0. The van der Waals surface area contributed by atoms with Gasteiger partial charge in [-0.3, -0.25) is 4.99 Å². The molecule has 0 aliphatic carbocycles. The fourth-order valence-electron chi connectivity index (χ4n) is 2.47. The topological polar surface area (TPSA) is 39.7 Å². The fraction of sp³-hybridized carbons (Fsp3) is 0.933. The number of nitrogens with zero attached hydrogens (tertiary/aromatic N) is 2. The average Bonchev–Trinajstić information content (AvgIpc) is 2.77. The summed E-state index contributed by atoms with van der Waals surface area (Å²) in [5.74, 6) is 1.76. The van der Waals surface area contributed by atoms with Crippen LogP contribution in [0, 0.1) is 5.92 Å². The van der Waals surface area contributed by atoms with Crippen LogP contribution in [0.1, 0.15) is 46.5 Å². The van der Waals surface area contributed by atoms with Crippen molar-refractivity contribution in [3.63, 3.8) is 0 Å². The summed E-state index contributed by atoms with van der Waals surface area (Å²) in [6, 6.07) is 0.631. The Morgan fingerprint density at radius 1 is 1.37 bits per heavy atom. The van der Waals surface area contributed by atoms with Crippen molar-refractivity contribution >= 4 is 5.96 Å². The highest BCUT2D eigenvalue weighted by Gasteiger charge is 2.20. The van der Waals surface area contributed by atoms with Gasteiger partial charge in [-0.15, -0.1) is 0 Å². The van der Waals surface area contributed by atoms with Crippen molar-refractivity contribution in [2.45, 2.75) is 52.5 Å². The minimum atomic E-state index is 0.631. The van der Waals surface area contributed by atoms with Crippen LogP contribution in [0.15, 0.2) is 4.99 Å². The third kappa shape index (κ3) is 6.81. The van der Waals surface area contributed by atoms with Gasteiger partial charge >= 0.3 is 0 Å². The molecule has 1 unspecified atom stereocenters. The van der Waals surface area contributed by atoms with Crippen LogP contribution < -0.4 is 10.6 Å². The first-order chi connectivity index (χ1) is 9.13. The number of rotatable bonds is 7. The first-order valence-electron chi connectivity index (χ1n) is 7.86. The van der Waals surface area contributed by atoms with Gasteiger partial charge in [0.05, 0.1) is 6.54 Å². The quantitative estimate of drug-likeness (QED) is 0.422. The molecule has 4 heteroatoms. The Morgan fingerprint density at radius 3 is 2.74 bits per heavy atom. The van der Waals surface area contributed by atoms with Crippen molar-refractivity contribution in [2.75, 3.05) is 33.2 Å². The lowest BCUT2D eigenvalue weighted by Gasteiger charge is -2.18. The van der Waals surface area contributed by atoms with Gasteiger partial charge in [-0.25, -0.2) is 0 Å². The molecule has 0 aromatic heterocycles. The zero-order valence-corrected chi connectivity index (χ0v) is 13.2. The molecule has 1 aliphatic rings. The summed E-state index contributed by atoms with van der Waals surface area (Å²) >= 11 is 0. The molecule has 1 heterocycles. The third-order valence-corrected chi connectivity index (χ3v) is 3.73. The number of likely N-dealkylation sites (N-methyl/N-ethyl adjacent to an activating group) is 1. The summed E-state index contributed by atoms with van der Waals surface area (Å²) in [5, 5.41) is 6.77. The van der Waals surface area contributed by atoms with E-state index in [0.717, 1.165) is 31.5 Å². The van der Waals surface area contributed by atoms with Crippen molar-refractivity contribution in [1.82, 2.24) is 15.5 Å². The Hall–Kier alpha value is -0.770. The number of guanidine groups is 1. The Morgan fingerprint density at radius 2 is 2.16 bits per heavy atom. The number of hydrogen-bond donors (Lipinski definition) is 2. The summed E-state index contributed by atoms with van der Waals surface area (Å²) in [4.78, 5) is 7.14. The second kappa shape index (κ2) is 9.18. The Balaban J connectivity index is 2.29. The molecule has 0 aromatic carbocycles. The number of nitrogens with one attached hydrogen (secondary N) is 2. The largest absolute Gasteiger partial charge is 0.357 e. The maximum Gasteiger partial charge on any atom is 0.191 e. The molecule has 2 N–H and O–H groups in total. The Bertz CT molecular complexity index is 263. The molecular weight excluding hydrogens is 236 g/mol. The van der Waals surface area contributed by atoms with E-state index in [4.69, 9.17) is 4.99 Å². The lowest BCUT2D eigenvalue weighted by molar-refractivity contribution is 0.317. The van der Waals surface area contributed by atoms with Crippen LogP contribution in [0.25, 0.3) is 0 Å². The van der Waals surface area contributed by atoms with Crippen molar-refractivity contribution in [1.29, 1.82) is 0 Å². The van der Waals surface area contributed by atoms with Gasteiger partial charge in [0.1, 0.15) is 0 Å². The zero-order chi connectivity index (χ0) is 14.1. The lowest BCUT2D eigenvalue weighted by atomic mass is 10.1. The average molecular weight is 268 g/mol. The van der Waals surface area contributed by atoms with Crippen molar-refractivity contribution in [3.8, 4) is 0 Å². The molecule has 0 amide bonds. The Labute approximate surface area is 119 Å². The summed E-state index contributed by atoms with van der Waals surface area (Å²) in [5.41, 5.74) is 0. The van der Waals surface area contributed by atoms with Gasteiger partial charge in [-0.2, -0.15) is 0 Å². The van der Waals surface area contributed by atoms with E-state index in [1.165, 1.54) is 32.2 Å². The lowest BCUT2D eigenvalue weighted by Crippen LogP contribution is -2.39.